The van der Waals surface area contributed by atoms with Crippen LogP contribution in [-0.2, 0) is 26.0 Å². The highest BCUT2D eigenvalue weighted by Crippen LogP contribution is 2.24. The lowest BCUT2D eigenvalue weighted by Crippen LogP contribution is -2.43. The largest absolute Gasteiger partial charge is 0.497 e. The van der Waals surface area contributed by atoms with Gasteiger partial charge in [0.2, 0.25) is 10.0 Å². The lowest BCUT2D eigenvalue weighted by Gasteiger charge is -2.29. The Morgan fingerprint density at radius 1 is 1.19 bits per heavy atom. The van der Waals surface area contributed by atoms with E-state index in [9.17, 15) is 13.2 Å². The molecule has 1 aromatic heterocycles. The Bertz CT molecular complexity index is 1270. The van der Waals surface area contributed by atoms with Crippen molar-refractivity contribution in [2.75, 3.05) is 33.5 Å². The predicted molar refractivity (Wildman–Crippen MR) is 121 cm³/mol. The first-order valence-corrected chi connectivity index (χ1v) is 11.8. The van der Waals surface area contributed by atoms with E-state index in [1.807, 2.05) is 6.07 Å². The number of halogens is 1. The summed E-state index contributed by atoms with van der Waals surface area (Å²) in [6.07, 6.45) is -0.443. The number of sulfonamides is 1. The number of H-pyrrole nitrogens is 1. The fourth-order valence-corrected chi connectivity index (χ4v) is 5.30. The molecule has 4 rings (SSSR count). The van der Waals surface area contributed by atoms with Crippen molar-refractivity contribution in [3.05, 3.63) is 69.5 Å². The first-order chi connectivity index (χ1) is 15.4. The molecular formula is C22H23ClN2O6S. The Morgan fingerprint density at radius 2 is 2.03 bits per heavy atom. The minimum atomic E-state index is -3.96. The van der Waals surface area contributed by atoms with Crippen molar-refractivity contribution >= 4 is 32.5 Å². The minimum Gasteiger partial charge on any atom is -0.497 e. The SMILES string of the molecule is COc1ccc2cc(CN(C[C@H]3COCCO3)S(=O)(=O)c3cccc(Cl)c3)c(=O)[nH]c2c1. The van der Waals surface area contributed by atoms with Crippen molar-refractivity contribution in [2.45, 2.75) is 17.5 Å². The molecule has 10 heteroatoms. The van der Waals surface area contributed by atoms with Gasteiger partial charge in [0.1, 0.15) is 5.75 Å². The molecule has 0 bridgehead atoms. The van der Waals surface area contributed by atoms with E-state index in [4.69, 9.17) is 25.8 Å². The number of hydrogen-bond donors (Lipinski definition) is 1. The molecule has 32 heavy (non-hydrogen) atoms. The van der Waals surface area contributed by atoms with Crippen LogP contribution in [0.4, 0.5) is 0 Å². The zero-order valence-electron chi connectivity index (χ0n) is 17.4. The maximum Gasteiger partial charge on any atom is 0.252 e. The molecule has 0 saturated carbocycles. The summed E-state index contributed by atoms with van der Waals surface area (Å²) in [4.78, 5) is 15.6. The second kappa shape index (κ2) is 9.60. The smallest absolute Gasteiger partial charge is 0.252 e. The van der Waals surface area contributed by atoms with Gasteiger partial charge >= 0.3 is 0 Å². The number of benzene rings is 2. The third-order valence-electron chi connectivity index (χ3n) is 5.20. The highest BCUT2D eigenvalue weighted by Gasteiger charge is 2.30. The molecule has 3 aromatic rings. The molecular weight excluding hydrogens is 456 g/mol. The molecule has 2 aromatic carbocycles. The normalized spacial score (nSPS) is 17.0. The van der Waals surface area contributed by atoms with Crippen LogP contribution in [0.25, 0.3) is 10.9 Å². The monoisotopic (exact) mass is 478 g/mol. The summed E-state index contributed by atoms with van der Waals surface area (Å²) in [6.45, 7) is 1.02. The number of hydrogen-bond acceptors (Lipinski definition) is 6. The van der Waals surface area contributed by atoms with Crippen molar-refractivity contribution in [1.82, 2.24) is 9.29 Å². The number of fused-ring (bicyclic) bond motifs is 1. The van der Waals surface area contributed by atoms with E-state index >= 15 is 0 Å². The van der Waals surface area contributed by atoms with Gasteiger partial charge in [0.15, 0.2) is 0 Å². The number of pyridine rings is 1. The van der Waals surface area contributed by atoms with Gasteiger partial charge in [-0.25, -0.2) is 8.42 Å². The summed E-state index contributed by atoms with van der Waals surface area (Å²) >= 11 is 6.03. The topological polar surface area (TPSA) is 97.9 Å². The van der Waals surface area contributed by atoms with Crippen LogP contribution in [0.15, 0.2) is 58.2 Å². The molecule has 8 nitrogen and oxygen atoms in total. The molecule has 170 valence electrons. The van der Waals surface area contributed by atoms with Crippen molar-refractivity contribution in [3.63, 3.8) is 0 Å². The first kappa shape index (κ1) is 22.8. The molecule has 0 amide bonds. The average molecular weight is 479 g/mol. The van der Waals surface area contributed by atoms with Crippen LogP contribution < -0.4 is 10.3 Å². The van der Waals surface area contributed by atoms with Crippen LogP contribution in [0.5, 0.6) is 5.75 Å². The van der Waals surface area contributed by atoms with E-state index in [0.717, 1.165) is 5.39 Å². The molecule has 0 aliphatic carbocycles. The van der Waals surface area contributed by atoms with Crippen molar-refractivity contribution in [2.24, 2.45) is 0 Å². The molecule has 1 N–H and O–H groups in total. The highest BCUT2D eigenvalue weighted by molar-refractivity contribution is 7.89. The Morgan fingerprint density at radius 3 is 2.75 bits per heavy atom. The van der Waals surface area contributed by atoms with Crippen molar-refractivity contribution < 1.29 is 22.6 Å². The van der Waals surface area contributed by atoms with Crippen molar-refractivity contribution in [3.8, 4) is 5.75 Å². The minimum absolute atomic E-state index is 0.0366. The molecule has 1 fully saturated rings. The number of nitrogens with zero attached hydrogens (tertiary/aromatic N) is 1. The fourth-order valence-electron chi connectivity index (χ4n) is 3.55. The molecule has 1 aliphatic rings. The van der Waals surface area contributed by atoms with E-state index in [1.54, 1.807) is 37.4 Å². The van der Waals surface area contributed by atoms with Crippen LogP contribution in [0.2, 0.25) is 5.02 Å². The van der Waals surface area contributed by atoms with E-state index in [0.29, 0.717) is 35.1 Å². The summed E-state index contributed by atoms with van der Waals surface area (Å²) in [5.74, 6) is 0.612. The standard InChI is InChI=1S/C22H23ClN2O6S/c1-29-18-6-5-15-9-16(22(26)24-21(15)11-18)12-25(13-19-14-30-7-8-31-19)32(27,28)20-4-2-3-17(23)10-20/h2-6,9-11,19H,7-8,12-14H2,1H3,(H,24,26)/t19-/m0/s1. The Labute approximate surface area is 190 Å². The molecule has 1 atom stereocenters. The summed E-state index contributed by atoms with van der Waals surface area (Å²) in [5.41, 5.74) is 0.536. The first-order valence-electron chi connectivity index (χ1n) is 10.0. The van der Waals surface area contributed by atoms with Crippen LogP contribution in [0, 0.1) is 0 Å². The summed E-state index contributed by atoms with van der Waals surface area (Å²) in [7, 11) is -2.42. The van der Waals surface area contributed by atoms with Crippen LogP contribution in [0.1, 0.15) is 5.56 Å². The lowest BCUT2D eigenvalue weighted by atomic mass is 10.1. The Balaban J connectivity index is 1.71. The maximum absolute atomic E-state index is 13.5. The second-order valence-electron chi connectivity index (χ2n) is 7.40. The summed E-state index contributed by atoms with van der Waals surface area (Å²) < 4.78 is 44.5. The zero-order valence-corrected chi connectivity index (χ0v) is 19.0. The van der Waals surface area contributed by atoms with E-state index < -0.39 is 16.1 Å². The van der Waals surface area contributed by atoms with Gasteiger partial charge in [-0.3, -0.25) is 4.79 Å². The van der Waals surface area contributed by atoms with E-state index in [2.05, 4.69) is 4.98 Å². The molecule has 2 heterocycles. The van der Waals surface area contributed by atoms with Crippen LogP contribution in [-0.4, -0.2) is 57.3 Å². The van der Waals surface area contributed by atoms with Gasteiger partial charge in [-0.05, 0) is 41.8 Å². The third-order valence-corrected chi connectivity index (χ3v) is 7.25. The second-order valence-corrected chi connectivity index (χ2v) is 9.77. The summed E-state index contributed by atoms with van der Waals surface area (Å²) in [5, 5.41) is 1.07. The molecule has 1 saturated heterocycles. The molecule has 1 aliphatic heterocycles. The number of ether oxygens (including phenoxy) is 3. The van der Waals surface area contributed by atoms with E-state index in [1.165, 1.54) is 16.4 Å². The van der Waals surface area contributed by atoms with Gasteiger partial charge in [0.25, 0.3) is 5.56 Å². The molecule has 0 unspecified atom stereocenters. The van der Waals surface area contributed by atoms with Gasteiger partial charge in [-0.15, -0.1) is 0 Å². The van der Waals surface area contributed by atoms with Crippen LogP contribution >= 0.6 is 11.6 Å². The van der Waals surface area contributed by atoms with Gasteiger partial charge in [-0.2, -0.15) is 4.31 Å². The maximum atomic E-state index is 13.5. The number of nitrogens with one attached hydrogen (secondary N) is 1. The summed E-state index contributed by atoms with van der Waals surface area (Å²) in [6, 6.07) is 13.0. The Hall–Kier alpha value is -2.43. The molecule has 0 spiro atoms. The zero-order chi connectivity index (χ0) is 22.7. The average Bonchev–Trinajstić information content (AvgIpc) is 2.79. The van der Waals surface area contributed by atoms with Crippen LogP contribution in [0.3, 0.4) is 0 Å². The molecule has 0 radical (unpaired) electrons. The lowest BCUT2D eigenvalue weighted by molar-refractivity contribution is -0.0923. The Kier molecular flexibility index (Phi) is 6.82. The predicted octanol–water partition coefficient (Wildman–Crippen LogP) is 2.80. The van der Waals surface area contributed by atoms with Gasteiger partial charge < -0.3 is 19.2 Å². The fraction of sp³-hybridized carbons (Fsp3) is 0.318. The van der Waals surface area contributed by atoms with Gasteiger partial charge in [-0.1, -0.05) is 17.7 Å². The van der Waals surface area contributed by atoms with Gasteiger partial charge in [0, 0.05) is 29.7 Å². The number of aromatic nitrogens is 1. The number of aromatic amines is 1. The number of rotatable bonds is 7. The van der Waals surface area contributed by atoms with E-state index in [-0.39, 0.29) is 30.2 Å². The van der Waals surface area contributed by atoms with Gasteiger partial charge in [0.05, 0.1) is 43.4 Å². The number of methoxy groups -OCH3 is 1. The van der Waals surface area contributed by atoms with Crippen molar-refractivity contribution in [1.29, 1.82) is 0 Å². The highest BCUT2D eigenvalue weighted by atomic mass is 35.5. The third kappa shape index (κ3) is 4.97. The quantitative estimate of drug-likeness (QED) is 0.560.